The van der Waals surface area contributed by atoms with Crippen LogP contribution in [0.4, 0.5) is 5.69 Å². The van der Waals surface area contributed by atoms with Crippen LogP contribution in [0.1, 0.15) is 19.8 Å². The molecule has 3 N–H and O–H groups in total. The summed E-state index contributed by atoms with van der Waals surface area (Å²) in [5.41, 5.74) is 0.622. The van der Waals surface area contributed by atoms with Crippen molar-refractivity contribution in [1.29, 1.82) is 0 Å². The fourth-order valence-corrected chi connectivity index (χ4v) is 3.55. The lowest BCUT2D eigenvalue weighted by Gasteiger charge is -2.23. The van der Waals surface area contributed by atoms with Crippen molar-refractivity contribution in [3.63, 3.8) is 0 Å². The molecule has 0 aromatic heterocycles. The standard InChI is InChI=1S/C19H27N3O4/c1-2-26-16-6-4-15(5-7-16)22-18(23)14-17(19(22)24)20-8-3-9-21-10-12-25-13-11-21/h4-7,17,20H,2-3,8-14H2,1H3/p+2/t17-/m1/s1. The molecule has 1 aromatic rings. The van der Waals surface area contributed by atoms with Crippen LogP contribution in [0.2, 0.25) is 0 Å². The Morgan fingerprint density at radius 2 is 1.96 bits per heavy atom. The predicted octanol–water partition coefficient (Wildman–Crippen LogP) is -1.41. The summed E-state index contributed by atoms with van der Waals surface area (Å²) >= 11 is 0. The van der Waals surface area contributed by atoms with Crippen molar-refractivity contribution in [2.45, 2.75) is 25.8 Å². The number of hydrogen-bond acceptors (Lipinski definition) is 4. The Morgan fingerprint density at radius 1 is 1.23 bits per heavy atom. The Kier molecular flexibility index (Phi) is 6.60. The minimum atomic E-state index is -0.297. The van der Waals surface area contributed by atoms with Crippen LogP contribution in [0.15, 0.2) is 24.3 Å². The molecule has 1 atom stereocenters. The van der Waals surface area contributed by atoms with E-state index in [0.29, 0.717) is 12.3 Å². The second-order valence-electron chi connectivity index (χ2n) is 6.80. The van der Waals surface area contributed by atoms with Gasteiger partial charge in [0.1, 0.15) is 18.8 Å². The molecule has 0 bridgehead atoms. The molecule has 2 aliphatic rings. The monoisotopic (exact) mass is 363 g/mol. The Hall–Kier alpha value is -1.96. The van der Waals surface area contributed by atoms with Gasteiger partial charge in [-0.2, -0.15) is 0 Å². The number of rotatable bonds is 8. The molecule has 1 aromatic carbocycles. The summed E-state index contributed by atoms with van der Waals surface area (Å²) in [6.45, 7) is 8.27. The fourth-order valence-electron chi connectivity index (χ4n) is 3.55. The van der Waals surface area contributed by atoms with Crippen molar-refractivity contribution in [3.8, 4) is 5.75 Å². The summed E-state index contributed by atoms with van der Waals surface area (Å²) in [5.74, 6) is 0.501. The lowest BCUT2D eigenvalue weighted by molar-refractivity contribution is -0.909. The number of nitrogens with two attached hydrogens (primary N) is 1. The highest BCUT2D eigenvalue weighted by molar-refractivity contribution is 6.21. The zero-order valence-corrected chi connectivity index (χ0v) is 15.4. The van der Waals surface area contributed by atoms with Gasteiger partial charge in [0.25, 0.3) is 5.91 Å². The van der Waals surface area contributed by atoms with Crippen LogP contribution in [0.25, 0.3) is 0 Å². The van der Waals surface area contributed by atoms with Crippen LogP contribution in [0, 0.1) is 0 Å². The maximum Gasteiger partial charge on any atom is 0.292 e. The van der Waals surface area contributed by atoms with Crippen LogP contribution in [0.5, 0.6) is 5.75 Å². The average molecular weight is 363 g/mol. The van der Waals surface area contributed by atoms with Gasteiger partial charge in [-0.1, -0.05) is 0 Å². The highest BCUT2D eigenvalue weighted by atomic mass is 16.5. The molecule has 3 rings (SSSR count). The quantitative estimate of drug-likeness (QED) is 0.439. The molecule has 0 saturated carbocycles. The molecule has 26 heavy (non-hydrogen) atoms. The Labute approximate surface area is 154 Å². The number of nitrogens with one attached hydrogen (secondary N) is 1. The van der Waals surface area contributed by atoms with Gasteiger partial charge in [-0.25, -0.2) is 4.90 Å². The maximum atomic E-state index is 12.6. The Morgan fingerprint density at radius 3 is 2.65 bits per heavy atom. The number of imide groups is 1. The minimum Gasteiger partial charge on any atom is -0.494 e. The van der Waals surface area contributed by atoms with E-state index < -0.39 is 0 Å². The molecule has 2 saturated heterocycles. The Bertz CT molecular complexity index is 614. The zero-order chi connectivity index (χ0) is 18.4. The number of quaternary nitrogens is 2. The number of amides is 2. The first-order chi connectivity index (χ1) is 12.7. The second kappa shape index (κ2) is 9.12. The minimum absolute atomic E-state index is 0.113. The number of hydrogen-bond donors (Lipinski definition) is 2. The van der Waals surface area contributed by atoms with Crippen LogP contribution in [-0.2, 0) is 14.3 Å². The third-order valence-corrected chi connectivity index (χ3v) is 4.97. The van der Waals surface area contributed by atoms with Crippen molar-refractivity contribution in [1.82, 2.24) is 0 Å². The van der Waals surface area contributed by atoms with Crippen molar-refractivity contribution in [2.75, 3.05) is 50.9 Å². The van der Waals surface area contributed by atoms with Crippen molar-refractivity contribution in [3.05, 3.63) is 24.3 Å². The summed E-state index contributed by atoms with van der Waals surface area (Å²) < 4.78 is 10.8. The highest BCUT2D eigenvalue weighted by Gasteiger charge is 2.42. The van der Waals surface area contributed by atoms with Crippen molar-refractivity contribution >= 4 is 17.5 Å². The van der Waals surface area contributed by atoms with Gasteiger partial charge in [0.05, 0.1) is 45.0 Å². The highest BCUT2D eigenvalue weighted by Crippen LogP contribution is 2.24. The van der Waals surface area contributed by atoms with E-state index in [1.165, 1.54) is 4.90 Å². The molecule has 0 aliphatic carbocycles. The van der Waals surface area contributed by atoms with E-state index in [1.807, 2.05) is 12.2 Å². The first-order valence-corrected chi connectivity index (χ1v) is 9.53. The summed E-state index contributed by atoms with van der Waals surface area (Å²) in [5, 5.41) is 2.02. The van der Waals surface area contributed by atoms with Crippen LogP contribution in [0.3, 0.4) is 0 Å². The largest absolute Gasteiger partial charge is 0.494 e. The third kappa shape index (κ3) is 4.60. The average Bonchev–Trinajstić information content (AvgIpc) is 2.94. The number of ether oxygens (including phenoxy) is 2. The van der Waals surface area contributed by atoms with E-state index in [9.17, 15) is 9.59 Å². The summed E-state index contributed by atoms with van der Waals surface area (Å²) in [6.07, 6.45) is 1.31. The van der Waals surface area contributed by atoms with E-state index in [1.54, 1.807) is 29.2 Å². The van der Waals surface area contributed by atoms with E-state index in [2.05, 4.69) is 0 Å². The molecule has 0 spiro atoms. The van der Waals surface area contributed by atoms with Crippen LogP contribution in [-0.4, -0.2) is 63.9 Å². The number of nitrogens with zero attached hydrogens (tertiary/aromatic N) is 1. The normalized spacial score (nSPS) is 21.4. The van der Waals surface area contributed by atoms with Crippen molar-refractivity contribution < 1.29 is 29.3 Å². The molecule has 7 nitrogen and oxygen atoms in total. The fraction of sp³-hybridized carbons (Fsp3) is 0.579. The van der Waals surface area contributed by atoms with Gasteiger partial charge in [0.2, 0.25) is 5.91 Å². The summed E-state index contributed by atoms with van der Waals surface area (Å²) in [6, 6.07) is 6.83. The molecule has 0 unspecified atom stereocenters. The molecule has 2 aliphatic heterocycles. The van der Waals surface area contributed by atoms with Gasteiger partial charge >= 0.3 is 0 Å². The van der Waals surface area contributed by atoms with E-state index in [0.717, 1.165) is 51.6 Å². The van der Waals surface area contributed by atoms with Gasteiger partial charge < -0.3 is 19.7 Å². The molecule has 142 valence electrons. The number of morpholine rings is 1. The lowest BCUT2D eigenvalue weighted by atomic mass is 10.2. The van der Waals surface area contributed by atoms with Gasteiger partial charge in [-0.05, 0) is 31.2 Å². The number of benzene rings is 1. The summed E-state index contributed by atoms with van der Waals surface area (Å²) in [7, 11) is 0. The van der Waals surface area contributed by atoms with Gasteiger partial charge in [0.15, 0.2) is 6.04 Å². The smallest absolute Gasteiger partial charge is 0.292 e. The van der Waals surface area contributed by atoms with Crippen LogP contribution < -0.4 is 19.9 Å². The van der Waals surface area contributed by atoms with Gasteiger partial charge in [-0.3, -0.25) is 9.59 Å². The number of carbonyl (C=O) groups is 2. The zero-order valence-electron chi connectivity index (χ0n) is 15.4. The molecule has 2 heterocycles. The number of anilines is 1. The summed E-state index contributed by atoms with van der Waals surface area (Å²) in [4.78, 5) is 27.8. The van der Waals surface area contributed by atoms with E-state index >= 15 is 0 Å². The number of carbonyl (C=O) groups excluding carboxylic acids is 2. The molecule has 0 radical (unpaired) electrons. The van der Waals surface area contributed by atoms with Gasteiger partial charge in [0, 0.05) is 6.42 Å². The van der Waals surface area contributed by atoms with E-state index in [4.69, 9.17) is 9.47 Å². The van der Waals surface area contributed by atoms with Crippen molar-refractivity contribution in [2.24, 2.45) is 0 Å². The SMILES string of the molecule is CCOc1ccc(N2C(=O)C[C@@H]([NH2+]CCC[NH+]3CCOCC3)C2=O)cc1. The predicted molar refractivity (Wildman–Crippen MR) is 96.3 cm³/mol. The van der Waals surface area contributed by atoms with Gasteiger partial charge in [-0.15, -0.1) is 0 Å². The molecule has 2 amide bonds. The molecular weight excluding hydrogens is 334 g/mol. The lowest BCUT2D eigenvalue weighted by Crippen LogP contribution is -3.14. The van der Waals surface area contributed by atoms with Crippen LogP contribution >= 0.6 is 0 Å². The molecular formula is C19H29N3O4+2. The topological polar surface area (TPSA) is 76.9 Å². The second-order valence-corrected chi connectivity index (χ2v) is 6.80. The first kappa shape index (κ1) is 18.8. The molecule has 2 fully saturated rings. The molecule has 7 heteroatoms. The van der Waals surface area contributed by atoms with E-state index in [-0.39, 0.29) is 24.3 Å². The Balaban J connectivity index is 1.48. The maximum absolute atomic E-state index is 12.6. The third-order valence-electron chi connectivity index (χ3n) is 4.97. The first-order valence-electron chi connectivity index (χ1n) is 9.53.